The molecule has 0 aliphatic carbocycles. The summed E-state index contributed by atoms with van der Waals surface area (Å²) in [4.78, 5) is 63.7. The number of amides is 3. The van der Waals surface area contributed by atoms with Gasteiger partial charge in [-0.3, -0.25) is 18.9 Å². The quantitative estimate of drug-likeness (QED) is 0.262. The summed E-state index contributed by atoms with van der Waals surface area (Å²) >= 11 is 1.02. The van der Waals surface area contributed by atoms with Gasteiger partial charge in [-0.25, -0.2) is 0 Å². The number of carbonyl (C=O) groups excluding carboxylic acids is 3. The van der Waals surface area contributed by atoms with Gasteiger partial charge in [0.25, 0.3) is 5.91 Å². The van der Waals surface area contributed by atoms with Gasteiger partial charge in [-0.2, -0.15) is 8.78 Å². The van der Waals surface area contributed by atoms with Crippen molar-refractivity contribution < 1.29 is 37.5 Å². The second kappa shape index (κ2) is 13.1. The van der Waals surface area contributed by atoms with Crippen LogP contribution in [-0.2, 0) is 19.8 Å². The van der Waals surface area contributed by atoms with E-state index in [1.807, 2.05) is 43.9 Å². The molecule has 2 aromatic carbocycles. The van der Waals surface area contributed by atoms with Crippen LogP contribution < -0.4 is 5.32 Å². The fraction of sp³-hybridized carbons (Fsp3) is 0.485. The molecular formula is C33H40F2N3O6PS. The van der Waals surface area contributed by atoms with E-state index in [1.54, 1.807) is 4.90 Å². The summed E-state index contributed by atoms with van der Waals surface area (Å²) in [6.07, 6.45) is 3.83. The van der Waals surface area contributed by atoms with E-state index in [2.05, 4.69) is 17.4 Å². The summed E-state index contributed by atoms with van der Waals surface area (Å²) in [5.74, 6) is -0.757. The van der Waals surface area contributed by atoms with Gasteiger partial charge in [0.2, 0.25) is 11.8 Å². The number of halogens is 2. The van der Waals surface area contributed by atoms with Crippen LogP contribution in [0.1, 0.15) is 79.6 Å². The fourth-order valence-corrected chi connectivity index (χ4v) is 7.75. The number of nitrogens with one attached hydrogen (secondary N) is 1. The lowest BCUT2D eigenvalue weighted by Gasteiger charge is -2.38. The Hall–Kier alpha value is -3.18. The number of thiophene rings is 1. The Labute approximate surface area is 271 Å². The Morgan fingerprint density at radius 3 is 2.37 bits per heavy atom. The third kappa shape index (κ3) is 7.05. The predicted molar refractivity (Wildman–Crippen MR) is 173 cm³/mol. The Bertz CT molecular complexity index is 1650. The van der Waals surface area contributed by atoms with Gasteiger partial charge in [0.05, 0.1) is 4.88 Å². The van der Waals surface area contributed by atoms with Crippen LogP contribution in [0.4, 0.5) is 8.78 Å². The maximum atomic E-state index is 14.3. The number of nitrogens with zero attached hydrogens (tertiary/aromatic N) is 2. The number of fused-ring (bicyclic) bond motifs is 1. The van der Waals surface area contributed by atoms with Gasteiger partial charge >= 0.3 is 13.3 Å². The van der Waals surface area contributed by atoms with Crippen LogP contribution in [0.3, 0.4) is 0 Å². The van der Waals surface area contributed by atoms with Crippen LogP contribution in [0.5, 0.6) is 0 Å². The first-order valence-corrected chi connectivity index (χ1v) is 17.9. The number of carbonyl (C=O) groups is 3. The van der Waals surface area contributed by atoms with E-state index in [0.717, 1.165) is 49.2 Å². The first-order chi connectivity index (χ1) is 21.6. The highest BCUT2D eigenvalue weighted by atomic mass is 32.1. The van der Waals surface area contributed by atoms with E-state index in [-0.39, 0.29) is 28.0 Å². The minimum atomic E-state index is -5.76. The van der Waals surface area contributed by atoms with Gasteiger partial charge in [-0.1, -0.05) is 70.0 Å². The van der Waals surface area contributed by atoms with E-state index < -0.39 is 42.2 Å². The van der Waals surface area contributed by atoms with E-state index >= 15 is 0 Å². The predicted octanol–water partition coefficient (Wildman–Crippen LogP) is 6.06. The smallest absolute Gasteiger partial charge is 0.340 e. The molecule has 9 nitrogen and oxygen atoms in total. The molecule has 2 aliphatic rings. The molecule has 46 heavy (non-hydrogen) atoms. The van der Waals surface area contributed by atoms with Crippen LogP contribution in [0.15, 0.2) is 54.6 Å². The molecule has 3 amide bonds. The zero-order chi connectivity index (χ0) is 33.4. The molecule has 0 unspecified atom stereocenters. The fourth-order valence-electron chi connectivity index (χ4n) is 6.32. The number of likely N-dealkylation sites (tertiary alicyclic amines) is 2. The molecule has 1 aromatic heterocycles. The molecule has 0 spiro atoms. The van der Waals surface area contributed by atoms with Crippen molar-refractivity contribution in [2.45, 2.75) is 76.5 Å². The summed E-state index contributed by atoms with van der Waals surface area (Å²) in [5.41, 5.74) is -4.78. The first kappa shape index (κ1) is 34.2. The third-order valence-electron chi connectivity index (χ3n) is 8.93. The minimum Gasteiger partial charge on any atom is -0.340 e. The number of alkyl halides is 2. The highest BCUT2D eigenvalue weighted by Gasteiger charge is 2.50. The average molecular weight is 676 g/mol. The normalized spacial score (nSPS) is 20.4. The third-order valence-corrected chi connectivity index (χ3v) is 11.0. The van der Waals surface area contributed by atoms with Gasteiger partial charge in [0, 0.05) is 35.8 Å². The largest absolute Gasteiger partial charge is 0.399 e. The van der Waals surface area contributed by atoms with Crippen LogP contribution in [-0.4, -0.2) is 69.0 Å². The molecule has 2 aliphatic heterocycles. The summed E-state index contributed by atoms with van der Waals surface area (Å²) in [7, 11) is -5.76. The van der Waals surface area contributed by atoms with Crippen molar-refractivity contribution in [1.29, 1.82) is 0 Å². The van der Waals surface area contributed by atoms with Crippen molar-refractivity contribution >= 4 is 46.7 Å². The lowest BCUT2D eigenvalue weighted by atomic mass is 9.85. The van der Waals surface area contributed by atoms with Crippen molar-refractivity contribution in [2.24, 2.45) is 5.41 Å². The van der Waals surface area contributed by atoms with Crippen LogP contribution >= 0.6 is 18.9 Å². The molecule has 2 saturated heterocycles. The van der Waals surface area contributed by atoms with E-state index in [9.17, 15) is 27.7 Å². The zero-order valence-electron chi connectivity index (χ0n) is 26.1. The molecule has 3 aromatic rings. The van der Waals surface area contributed by atoms with Gasteiger partial charge in [0.15, 0.2) is 0 Å². The topological polar surface area (TPSA) is 127 Å². The molecule has 3 atom stereocenters. The minimum absolute atomic E-state index is 0.0694. The lowest BCUT2D eigenvalue weighted by Crippen LogP contribution is -2.59. The second-order valence-corrected chi connectivity index (χ2v) is 16.0. The molecule has 3 heterocycles. The molecule has 0 bridgehead atoms. The van der Waals surface area contributed by atoms with Crippen molar-refractivity contribution in [1.82, 2.24) is 15.1 Å². The molecule has 0 radical (unpaired) electrons. The van der Waals surface area contributed by atoms with E-state index in [4.69, 9.17) is 9.79 Å². The molecule has 13 heteroatoms. The van der Waals surface area contributed by atoms with Crippen molar-refractivity contribution in [2.75, 3.05) is 19.6 Å². The van der Waals surface area contributed by atoms with Gasteiger partial charge < -0.3 is 24.9 Å². The van der Waals surface area contributed by atoms with E-state index in [0.29, 0.717) is 30.8 Å². The standard InChI is InChI=1S/C33H40F2N3O6PS/c1-32(2,3)28(36-29(39)27-19-23-18-24(13-14-26(23)46-27)33(34,35)45(42,43)44)31(41)38-16-9-5-8-12-25(38)30(40)37-17-15-22(20-37)21-10-6-4-7-11-21/h4,6-7,10-11,13-14,18-19,22,25,28H,5,8-9,12,15-17,20H2,1-3H3,(H,36,39)(H2,42,43,44)/t22-,25+,28-/m1/s1. The zero-order valence-corrected chi connectivity index (χ0v) is 27.8. The summed E-state index contributed by atoms with van der Waals surface area (Å²) in [6.45, 7) is 7.09. The van der Waals surface area contributed by atoms with Gasteiger partial charge in [-0.05, 0) is 53.8 Å². The average Bonchev–Trinajstić information content (AvgIpc) is 3.59. The Kier molecular flexibility index (Phi) is 9.76. The van der Waals surface area contributed by atoms with Crippen molar-refractivity contribution in [3.05, 3.63) is 70.6 Å². The maximum Gasteiger partial charge on any atom is 0.399 e. The Balaban J connectivity index is 1.36. The molecule has 5 rings (SSSR count). The lowest BCUT2D eigenvalue weighted by molar-refractivity contribution is -0.147. The molecule has 248 valence electrons. The number of hydrogen-bond acceptors (Lipinski definition) is 5. The number of rotatable bonds is 7. The summed E-state index contributed by atoms with van der Waals surface area (Å²) in [6, 6.07) is 13.0. The summed E-state index contributed by atoms with van der Waals surface area (Å²) in [5, 5.41) is 3.08. The van der Waals surface area contributed by atoms with Crippen molar-refractivity contribution in [3.63, 3.8) is 0 Å². The molecule has 3 N–H and O–H groups in total. The summed E-state index contributed by atoms with van der Waals surface area (Å²) < 4.78 is 40.5. The maximum absolute atomic E-state index is 14.3. The number of benzene rings is 2. The number of hydrogen-bond donors (Lipinski definition) is 3. The molecule has 2 fully saturated rings. The monoisotopic (exact) mass is 675 g/mol. The second-order valence-electron chi connectivity index (χ2n) is 13.3. The Morgan fingerprint density at radius 1 is 0.978 bits per heavy atom. The van der Waals surface area contributed by atoms with Crippen LogP contribution in [0, 0.1) is 5.41 Å². The Morgan fingerprint density at radius 2 is 1.70 bits per heavy atom. The van der Waals surface area contributed by atoms with Gasteiger partial charge in [0.1, 0.15) is 12.1 Å². The SMILES string of the molecule is CC(C)(C)[C@H](NC(=O)c1cc2cc(C(F)(F)P(=O)(O)O)ccc2s1)C(=O)N1CCCCC[C@H]1C(=O)N1CC[C@@H](c2ccccc2)C1. The molecule has 0 saturated carbocycles. The highest BCUT2D eigenvalue weighted by molar-refractivity contribution is 7.52. The first-order valence-electron chi connectivity index (χ1n) is 15.5. The van der Waals surface area contributed by atoms with E-state index in [1.165, 1.54) is 17.7 Å². The van der Waals surface area contributed by atoms with Crippen LogP contribution in [0.25, 0.3) is 10.1 Å². The highest BCUT2D eigenvalue weighted by Crippen LogP contribution is 2.59. The van der Waals surface area contributed by atoms with Crippen LogP contribution in [0.2, 0.25) is 0 Å². The van der Waals surface area contributed by atoms with Crippen molar-refractivity contribution in [3.8, 4) is 0 Å². The van der Waals surface area contributed by atoms with Gasteiger partial charge in [-0.15, -0.1) is 11.3 Å². The molecular weight excluding hydrogens is 635 g/mol.